The van der Waals surface area contributed by atoms with Gasteiger partial charge in [0.1, 0.15) is 0 Å². The number of carboxylic acid groups (broad SMARTS) is 1. The molecule has 10 aromatic rings. The number of halogens is 8. The number of amides is 1. The lowest BCUT2D eigenvalue weighted by atomic mass is 10.0. The van der Waals surface area contributed by atoms with Crippen LogP contribution in [0.3, 0.4) is 0 Å². The number of carboxylic acids is 1. The number of carbonyl (C=O) groups excluding carboxylic acids is 3. The van der Waals surface area contributed by atoms with Crippen molar-refractivity contribution < 1.29 is 50.6 Å². The Morgan fingerprint density at radius 1 is 0.481 bits per heavy atom. The number of nitrogen functional groups attached to an aromatic ring is 1. The zero-order valence-corrected chi connectivity index (χ0v) is 40.7. The van der Waals surface area contributed by atoms with Crippen molar-refractivity contribution in [3.8, 4) is 22.5 Å². The van der Waals surface area contributed by atoms with Gasteiger partial charge >= 0.3 is 18.3 Å². The van der Waals surface area contributed by atoms with Gasteiger partial charge in [0.25, 0.3) is 5.91 Å². The number of benzene rings is 6. The molecule has 0 unspecified atom stereocenters. The van der Waals surface area contributed by atoms with Crippen molar-refractivity contribution in [1.29, 1.82) is 0 Å². The fraction of sp³-hybridized carbons (Fsp3) is 0.0357. The van der Waals surface area contributed by atoms with Gasteiger partial charge in [-0.25, -0.2) is 14.8 Å². The van der Waals surface area contributed by atoms with E-state index in [-0.39, 0.29) is 28.4 Å². The van der Waals surface area contributed by atoms with Crippen LogP contribution in [0.1, 0.15) is 63.7 Å². The van der Waals surface area contributed by atoms with E-state index < -0.39 is 51.0 Å². The second kappa shape index (κ2) is 23.0. The maximum atomic E-state index is 13.2. The number of nitrogens with zero attached hydrogens (tertiary/aromatic N) is 6. The summed E-state index contributed by atoms with van der Waals surface area (Å²) in [5.74, 6) is -2.63. The number of hydrogen-bond acceptors (Lipinski definition) is 11. The highest BCUT2D eigenvalue weighted by molar-refractivity contribution is 6.32. The van der Waals surface area contributed by atoms with Crippen LogP contribution in [0.15, 0.2) is 183 Å². The predicted molar refractivity (Wildman–Crippen MR) is 278 cm³/mol. The lowest BCUT2D eigenvalue weighted by Gasteiger charge is -2.12. The Bertz CT molecular complexity index is 3870. The van der Waals surface area contributed by atoms with Crippen LogP contribution in [0.25, 0.3) is 44.6 Å². The zero-order chi connectivity index (χ0) is 55.0. The Balaban J connectivity index is 0.000000172. The van der Waals surface area contributed by atoms with Gasteiger partial charge in [-0.05, 0) is 121 Å². The lowest BCUT2D eigenvalue weighted by molar-refractivity contribution is -0.138. The van der Waals surface area contributed by atoms with Gasteiger partial charge in [-0.15, -0.1) is 0 Å². The minimum atomic E-state index is -4.71. The molecule has 0 aliphatic rings. The Labute approximate surface area is 442 Å². The normalized spacial score (nSPS) is 11.2. The number of fused-ring (bicyclic) bond motifs is 2. The molecule has 0 fully saturated rings. The van der Waals surface area contributed by atoms with Gasteiger partial charge in [-0.3, -0.25) is 34.3 Å². The summed E-state index contributed by atoms with van der Waals surface area (Å²) in [7, 11) is 0. The number of carbonyl (C=O) groups is 4. The van der Waals surface area contributed by atoms with Crippen LogP contribution in [0.2, 0.25) is 10.0 Å². The van der Waals surface area contributed by atoms with Crippen molar-refractivity contribution in [2.75, 3.05) is 11.1 Å². The van der Waals surface area contributed by atoms with E-state index in [2.05, 4.69) is 35.2 Å². The van der Waals surface area contributed by atoms with E-state index in [0.29, 0.717) is 62.4 Å². The molecule has 4 aromatic heterocycles. The first-order chi connectivity index (χ1) is 36.7. The zero-order valence-electron chi connectivity index (χ0n) is 39.2. The maximum Gasteiger partial charge on any atom is 0.417 e. The number of aromatic nitrogens is 6. The number of rotatable bonds is 9. The van der Waals surface area contributed by atoms with Gasteiger partial charge in [-0.1, -0.05) is 47.5 Å². The summed E-state index contributed by atoms with van der Waals surface area (Å²) in [4.78, 5) is 75.2. The fourth-order valence-electron chi connectivity index (χ4n) is 7.33. The Kier molecular flexibility index (Phi) is 16.1. The summed E-state index contributed by atoms with van der Waals surface area (Å²) >= 11 is 10.9. The summed E-state index contributed by atoms with van der Waals surface area (Å²) in [6, 6.07) is 36.0. The maximum absolute atomic E-state index is 13.2. The topological polar surface area (TPSA) is 204 Å². The Morgan fingerprint density at radius 3 is 1.40 bits per heavy atom. The fourth-order valence-corrected chi connectivity index (χ4v) is 7.78. The molecule has 0 aliphatic heterocycles. The molecule has 4 N–H and O–H groups in total. The van der Waals surface area contributed by atoms with Crippen molar-refractivity contribution in [3.63, 3.8) is 0 Å². The Hall–Kier alpha value is -9.46. The average Bonchev–Trinajstić information content (AvgIpc) is 3.44. The van der Waals surface area contributed by atoms with Crippen LogP contribution in [-0.2, 0) is 12.4 Å². The smallest absolute Gasteiger partial charge is 0.417 e. The third-order valence-electron chi connectivity index (χ3n) is 11.1. The molecule has 6 aromatic carbocycles. The van der Waals surface area contributed by atoms with Gasteiger partial charge in [0, 0.05) is 75.1 Å². The molecule has 0 spiro atoms. The molecule has 0 atom stereocenters. The number of hydrogen-bond donors (Lipinski definition) is 3. The van der Waals surface area contributed by atoms with Crippen molar-refractivity contribution >= 4 is 80.1 Å². The largest absolute Gasteiger partial charge is 0.478 e. The van der Waals surface area contributed by atoms with E-state index in [1.54, 1.807) is 116 Å². The summed E-state index contributed by atoms with van der Waals surface area (Å²) in [5.41, 5.74) is 10.9. The second-order valence-electron chi connectivity index (χ2n) is 16.4. The van der Waals surface area contributed by atoms with Gasteiger partial charge < -0.3 is 16.2 Å². The number of alkyl halides is 6. The standard InChI is InChI=1S/C28H16ClF3N4O2.C20H14N4O.C8H4ClF3O2/c29-22-8-6-18(12-21(22)28(30,31)32)27(38)35-20-5-1-3-16(11-20)26(37)17-7-9-23-24(13-17)36-25(15-34-23)19-4-2-10-33-14-19;21-16-5-1-3-13(9-16)20(25)14-6-7-17-18(10-14)24-19(12-23-17)15-4-2-8-22-11-15;9-6-2-1-4(7(13)14)3-5(6)8(10,11)12/h1-15H,(H,35,38);1-12H,21H2;1-3H,(H,13,14). The van der Waals surface area contributed by atoms with E-state index in [1.807, 2.05) is 18.2 Å². The third-order valence-corrected chi connectivity index (χ3v) is 11.8. The van der Waals surface area contributed by atoms with Gasteiger partial charge in [0.2, 0.25) is 0 Å². The number of aromatic carboxylic acids is 1. The molecule has 0 saturated carbocycles. The minimum absolute atomic E-state index is 0.0946. The molecule has 0 saturated heterocycles. The molecule has 1 amide bonds. The molecule has 0 radical (unpaired) electrons. The third kappa shape index (κ3) is 13.3. The summed E-state index contributed by atoms with van der Waals surface area (Å²) in [5, 5.41) is 9.97. The highest BCUT2D eigenvalue weighted by Gasteiger charge is 2.35. The van der Waals surface area contributed by atoms with Crippen LogP contribution < -0.4 is 11.1 Å². The van der Waals surface area contributed by atoms with Crippen LogP contribution in [-0.4, -0.2) is 58.5 Å². The van der Waals surface area contributed by atoms with Crippen molar-refractivity contribution in [2.24, 2.45) is 0 Å². The average molecular weight is 1080 g/mol. The molecule has 4 heterocycles. The molecule has 13 nitrogen and oxygen atoms in total. The van der Waals surface area contributed by atoms with Crippen LogP contribution >= 0.6 is 23.2 Å². The molecule has 384 valence electrons. The lowest BCUT2D eigenvalue weighted by Crippen LogP contribution is -2.14. The van der Waals surface area contributed by atoms with E-state index in [0.717, 1.165) is 34.8 Å². The van der Waals surface area contributed by atoms with E-state index in [4.69, 9.17) is 34.0 Å². The number of ketones is 2. The highest BCUT2D eigenvalue weighted by Crippen LogP contribution is 2.36. The van der Waals surface area contributed by atoms with Crippen molar-refractivity contribution in [2.45, 2.75) is 12.4 Å². The molecule has 0 aliphatic carbocycles. The number of pyridine rings is 2. The first-order valence-corrected chi connectivity index (χ1v) is 23.1. The molecule has 77 heavy (non-hydrogen) atoms. The molecule has 10 rings (SSSR count). The van der Waals surface area contributed by atoms with Gasteiger partial charge in [-0.2, -0.15) is 26.3 Å². The summed E-state index contributed by atoms with van der Waals surface area (Å²) in [6.07, 6.45) is 0.756. The second-order valence-corrected chi connectivity index (χ2v) is 17.2. The van der Waals surface area contributed by atoms with E-state index in [9.17, 15) is 45.5 Å². The highest BCUT2D eigenvalue weighted by atomic mass is 35.5. The summed E-state index contributed by atoms with van der Waals surface area (Å²) < 4.78 is 76.1. The Morgan fingerprint density at radius 2 is 0.935 bits per heavy atom. The van der Waals surface area contributed by atoms with Crippen LogP contribution in [0, 0.1) is 0 Å². The monoisotopic (exact) mass is 1080 g/mol. The molecule has 21 heteroatoms. The molecule has 0 bridgehead atoms. The summed E-state index contributed by atoms with van der Waals surface area (Å²) in [6.45, 7) is 0. The van der Waals surface area contributed by atoms with Gasteiger partial charge in [0.05, 0.1) is 72.6 Å². The van der Waals surface area contributed by atoms with Gasteiger partial charge in [0.15, 0.2) is 11.6 Å². The van der Waals surface area contributed by atoms with Crippen molar-refractivity contribution in [3.05, 3.63) is 237 Å². The first kappa shape index (κ1) is 53.8. The van der Waals surface area contributed by atoms with Crippen LogP contribution in [0.4, 0.5) is 37.7 Å². The van der Waals surface area contributed by atoms with Crippen LogP contribution in [0.5, 0.6) is 0 Å². The predicted octanol–water partition coefficient (Wildman–Crippen LogP) is 13.4. The first-order valence-electron chi connectivity index (χ1n) is 22.4. The van der Waals surface area contributed by atoms with Crippen molar-refractivity contribution in [1.82, 2.24) is 29.9 Å². The number of nitrogens with two attached hydrogens (primary N) is 1. The quantitative estimate of drug-likeness (QED) is 0.0702. The van der Waals surface area contributed by atoms with E-state index >= 15 is 0 Å². The molecular weight excluding hydrogens is 1050 g/mol. The SMILES string of the molecule is Nc1cccc(C(=O)c2ccc3ncc(-c4cccnc4)nc3c2)c1.O=C(Nc1cccc(C(=O)c2ccc3ncc(-c4cccnc4)nc3c2)c1)c1ccc(Cl)c(C(F)(F)F)c1.O=C(O)c1ccc(Cl)c(C(F)(F)F)c1. The minimum Gasteiger partial charge on any atom is -0.478 e. The van der Waals surface area contributed by atoms with E-state index in [1.165, 1.54) is 18.2 Å². The number of nitrogens with one attached hydrogen (secondary N) is 1. The number of anilines is 2. The molecular formula is C56H34Cl2F6N8O5.